The SMILES string of the molecule is CCCCOc1cc(C(C)(C)C)c2nc(C(=O)O)cc(OS(=O)(=O)C(F)(F)F)c2c1. The first-order chi connectivity index (χ1) is 13.7. The van der Waals surface area contributed by atoms with Crippen LogP contribution in [0.3, 0.4) is 0 Å². The van der Waals surface area contributed by atoms with Gasteiger partial charge in [0, 0.05) is 11.5 Å². The first kappa shape index (κ1) is 23.7. The number of unbranched alkanes of at least 4 members (excludes halogenated alkanes) is 1. The zero-order valence-corrected chi connectivity index (χ0v) is 17.6. The summed E-state index contributed by atoms with van der Waals surface area (Å²) >= 11 is 0. The van der Waals surface area contributed by atoms with E-state index in [9.17, 15) is 31.5 Å². The van der Waals surface area contributed by atoms with Crippen molar-refractivity contribution in [1.29, 1.82) is 0 Å². The number of aromatic carboxylic acids is 1. The van der Waals surface area contributed by atoms with Crippen molar-refractivity contribution in [3.63, 3.8) is 0 Å². The summed E-state index contributed by atoms with van der Waals surface area (Å²) in [5.41, 5.74) is -6.48. The Morgan fingerprint density at radius 3 is 2.30 bits per heavy atom. The van der Waals surface area contributed by atoms with Crippen LogP contribution in [0.1, 0.15) is 56.6 Å². The molecule has 0 atom stereocenters. The number of pyridine rings is 1. The lowest BCUT2D eigenvalue weighted by Crippen LogP contribution is -2.28. The van der Waals surface area contributed by atoms with E-state index >= 15 is 0 Å². The summed E-state index contributed by atoms with van der Waals surface area (Å²) in [6, 6.07) is 3.55. The van der Waals surface area contributed by atoms with Crippen LogP contribution in [0.25, 0.3) is 10.9 Å². The molecule has 1 aromatic carbocycles. The second kappa shape index (κ2) is 8.29. The Hall–Kier alpha value is -2.56. The van der Waals surface area contributed by atoms with Gasteiger partial charge in [0.2, 0.25) is 0 Å². The van der Waals surface area contributed by atoms with E-state index in [1.807, 2.05) is 6.92 Å². The van der Waals surface area contributed by atoms with Crippen LogP contribution in [0.4, 0.5) is 13.2 Å². The van der Waals surface area contributed by atoms with E-state index in [-0.39, 0.29) is 16.7 Å². The fraction of sp³-hybridized carbons (Fsp3) is 0.474. The summed E-state index contributed by atoms with van der Waals surface area (Å²) in [5, 5.41) is 9.20. The molecule has 2 rings (SSSR count). The number of alkyl halides is 3. The van der Waals surface area contributed by atoms with Crippen LogP contribution in [0.5, 0.6) is 11.5 Å². The highest BCUT2D eigenvalue weighted by molar-refractivity contribution is 7.88. The van der Waals surface area contributed by atoms with Crippen molar-refractivity contribution < 1.29 is 40.4 Å². The van der Waals surface area contributed by atoms with Gasteiger partial charge in [-0.25, -0.2) is 9.78 Å². The van der Waals surface area contributed by atoms with E-state index in [0.29, 0.717) is 18.2 Å². The summed E-state index contributed by atoms with van der Waals surface area (Å²) in [5.74, 6) is -2.06. The molecule has 0 fully saturated rings. The van der Waals surface area contributed by atoms with Gasteiger partial charge in [-0.15, -0.1) is 0 Å². The average Bonchev–Trinajstić information content (AvgIpc) is 2.59. The van der Waals surface area contributed by atoms with Crippen molar-refractivity contribution in [3.8, 4) is 11.5 Å². The molecule has 0 saturated heterocycles. The smallest absolute Gasteiger partial charge is 0.494 e. The second-order valence-electron chi connectivity index (χ2n) is 7.61. The first-order valence-electron chi connectivity index (χ1n) is 9.03. The highest BCUT2D eigenvalue weighted by Crippen LogP contribution is 2.39. The van der Waals surface area contributed by atoms with Gasteiger partial charge in [-0.05, 0) is 29.5 Å². The third kappa shape index (κ3) is 5.13. The lowest BCUT2D eigenvalue weighted by Gasteiger charge is -2.23. The van der Waals surface area contributed by atoms with Gasteiger partial charge in [0.15, 0.2) is 11.4 Å². The van der Waals surface area contributed by atoms with Crippen molar-refractivity contribution in [2.45, 2.75) is 51.5 Å². The maximum absolute atomic E-state index is 12.9. The fourth-order valence-electron chi connectivity index (χ4n) is 2.60. The van der Waals surface area contributed by atoms with E-state index in [1.54, 1.807) is 26.8 Å². The fourth-order valence-corrected chi connectivity index (χ4v) is 3.07. The van der Waals surface area contributed by atoms with Gasteiger partial charge in [-0.3, -0.25) is 0 Å². The number of fused-ring (bicyclic) bond motifs is 1. The van der Waals surface area contributed by atoms with Crippen molar-refractivity contribution >= 4 is 27.0 Å². The van der Waals surface area contributed by atoms with Gasteiger partial charge < -0.3 is 14.0 Å². The second-order valence-corrected chi connectivity index (χ2v) is 9.15. The Kier molecular flexibility index (Phi) is 6.55. The van der Waals surface area contributed by atoms with Crippen LogP contribution < -0.4 is 8.92 Å². The largest absolute Gasteiger partial charge is 0.534 e. The molecule has 0 amide bonds. The van der Waals surface area contributed by atoms with Gasteiger partial charge in [-0.2, -0.15) is 21.6 Å². The molecule has 0 aliphatic heterocycles. The van der Waals surface area contributed by atoms with Crippen LogP contribution in [-0.4, -0.2) is 36.6 Å². The summed E-state index contributed by atoms with van der Waals surface area (Å²) in [7, 11) is -6.03. The van der Waals surface area contributed by atoms with Crippen LogP contribution >= 0.6 is 0 Å². The van der Waals surface area contributed by atoms with Crippen molar-refractivity contribution in [1.82, 2.24) is 4.98 Å². The molecule has 30 heavy (non-hydrogen) atoms. The predicted octanol–water partition coefficient (Wildman–Crippen LogP) is 4.64. The van der Waals surface area contributed by atoms with Crippen LogP contribution in [0.2, 0.25) is 0 Å². The molecule has 0 spiro atoms. The Balaban J connectivity index is 2.83. The Morgan fingerprint density at radius 1 is 1.17 bits per heavy atom. The molecule has 0 saturated carbocycles. The molecule has 11 heteroatoms. The molecule has 2 aromatic rings. The summed E-state index contributed by atoms with van der Waals surface area (Å²) in [4.78, 5) is 15.5. The normalized spacial score (nSPS) is 12.8. The van der Waals surface area contributed by atoms with Crippen LogP contribution in [0.15, 0.2) is 18.2 Å². The molecular weight excluding hydrogens is 427 g/mol. The molecule has 1 heterocycles. The van der Waals surface area contributed by atoms with E-state index < -0.39 is 38.5 Å². The van der Waals surface area contributed by atoms with Crippen molar-refractivity contribution in [2.24, 2.45) is 0 Å². The standard InChI is InChI=1S/C19H22F3NO6S/c1-5-6-7-28-11-8-12-15(29-30(26,27)19(20,21)22)10-14(17(24)25)23-16(12)13(9-11)18(2,3)4/h8-10H,5-7H2,1-4H3,(H,24,25). The van der Waals surface area contributed by atoms with Gasteiger partial charge in [0.25, 0.3) is 0 Å². The molecule has 0 bridgehead atoms. The highest BCUT2D eigenvalue weighted by atomic mass is 32.2. The topological polar surface area (TPSA) is 103 Å². The maximum atomic E-state index is 12.9. The monoisotopic (exact) mass is 449 g/mol. The van der Waals surface area contributed by atoms with E-state index in [1.165, 1.54) is 6.07 Å². The minimum absolute atomic E-state index is 0.0117. The van der Waals surface area contributed by atoms with E-state index in [2.05, 4.69) is 9.17 Å². The average molecular weight is 449 g/mol. The molecule has 0 unspecified atom stereocenters. The number of halogens is 3. The van der Waals surface area contributed by atoms with Crippen LogP contribution in [0, 0.1) is 0 Å². The number of carboxylic acid groups (broad SMARTS) is 1. The Morgan fingerprint density at radius 2 is 1.80 bits per heavy atom. The quantitative estimate of drug-likeness (QED) is 0.373. The Bertz CT molecular complexity index is 1060. The number of carbonyl (C=O) groups is 1. The van der Waals surface area contributed by atoms with E-state index in [4.69, 9.17) is 4.74 Å². The lowest BCUT2D eigenvalue weighted by molar-refractivity contribution is -0.0499. The maximum Gasteiger partial charge on any atom is 0.534 e. The predicted molar refractivity (Wildman–Crippen MR) is 103 cm³/mol. The molecule has 0 aliphatic carbocycles. The molecule has 0 radical (unpaired) electrons. The number of aromatic nitrogens is 1. The van der Waals surface area contributed by atoms with Gasteiger partial charge in [0.05, 0.1) is 12.1 Å². The summed E-state index contributed by atoms with van der Waals surface area (Å²) in [6.07, 6.45) is 1.58. The van der Waals surface area contributed by atoms with Gasteiger partial charge in [-0.1, -0.05) is 34.1 Å². The Labute approximate surface area is 171 Å². The summed E-state index contributed by atoms with van der Waals surface area (Å²) in [6.45, 7) is 7.66. The number of carboxylic acids is 1. The zero-order valence-electron chi connectivity index (χ0n) is 16.8. The third-order valence-electron chi connectivity index (χ3n) is 4.13. The minimum Gasteiger partial charge on any atom is -0.494 e. The lowest BCUT2D eigenvalue weighted by atomic mass is 9.85. The molecular formula is C19H22F3NO6S. The first-order valence-corrected chi connectivity index (χ1v) is 10.4. The highest BCUT2D eigenvalue weighted by Gasteiger charge is 2.49. The number of rotatable bonds is 7. The number of benzene rings is 1. The molecule has 166 valence electrons. The van der Waals surface area contributed by atoms with Crippen molar-refractivity contribution in [3.05, 3.63) is 29.5 Å². The summed E-state index contributed by atoms with van der Waals surface area (Å²) < 4.78 is 71.7. The molecule has 1 N–H and O–H groups in total. The van der Waals surface area contributed by atoms with E-state index in [0.717, 1.165) is 12.8 Å². The van der Waals surface area contributed by atoms with Gasteiger partial charge in [0.1, 0.15) is 5.75 Å². The number of ether oxygens (including phenoxy) is 1. The number of nitrogens with zero attached hydrogens (tertiary/aromatic N) is 1. The number of hydrogen-bond donors (Lipinski definition) is 1. The molecule has 0 aliphatic rings. The van der Waals surface area contributed by atoms with Crippen molar-refractivity contribution in [2.75, 3.05) is 6.61 Å². The van der Waals surface area contributed by atoms with Gasteiger partial charge >= 0.3 is 21.6 Å². The van der Waals surface area contributed by atoms with Crippen LogP contribution in [-0.2, 0) is 15.5 Å². The molecule has 7 nitrogen and oxygen atoms in total. The minimum atomic E-state index is -6.03. The zero-order chi connectivity index (χ0) is 22.9. The number of hydrogen-bond acceptors (Lipinski definition) is 6. The third-order valence-corrected chi connectivity index (χ3v) is 5.09. The molecule has 1 aromatic heterocycles.